The number of hydrogen-bond donors (Lipinski definition) is 4. The standard InChI is InChI=1S/C34H38N3O4P.C32H34N3O6P.C26H28ClO5P.C3H9BrSi.2CH4.K.H/c1-21-12-11-15-30(41-42(7,8)39)33(21)34(4,5)20-32(38)37-28-14-10-9-13-24(28)17-29(37)26-19-31(40-6)27(36-26)18-25-22(2)16-23(3)35-25;1-19-10-9-13-28(41-42(37,38)39)31(19)32(4,5)18-30(36)35-26-12-8-7-11-22(26)15-27(35)24-17-29(40-6)25(34-24)16-23-20(2)14-21(3)33-23;1-20-11-10-16-23(25(20)26(2,3)17-24(27)28)32-33(29,30-18-21-12-6-4-7-13-21)31-19-22-14-8-5-9-15-22;1-5(2,3)4;;;;/h9-19,35H,20H2,1-8H3;7-17,33H,18H2,1-6H3,(H2,37,38,39);4-16H,17-19H2,1-3H3;1-3H3;2*1H4;;/q;;;;;;+1;-1/b27-18+;25-16+;;;;;;. The van der Waals surface area contributed by atoms with Gasteiger partial charge in [-0.1, -0.05) is 209 Å². The summed E-state index contributed by atoms with van der Waals surface area (Å²) >= 11 is 9.22. The zero-order valence-corrected chi connectivity index (χ0v) is 83.0. The predicted molar refractivity (Wildman–Crippen MR) is 512 cm³/mol. The van der Waals surface area contributed by atoms with Crippen molar-refractivity contribution in [1.82, 2.24) is 19.1 Å². The molecule has 21 nitrogen and oxygen atoms in total. The fourth-order valence-electron chi connectivity index (χ4n) is 15.2. The number of fused-ring (bicyclic) bond motifs is 2. The SMILES string of the molecule is C.C.COC1=CC(c2cc3ccccc3n2C(=O)CC(C)(C)c2c(C)cccc2OP(=O)(O)O)=N/C1=C/c1[nH]c(C)cc1C.COC1=CC(c2cc3ccccc3n2C(=O)CC(C)(C)c2c(C)cccc2OP(C)(C)=O)=N/C1=C/c1[nH]c(C)cc1C.C[Si](C)(C)Br.Cc1cccc(OP(=O)(OCc2ccccc2)OCc2ccccc2)c1C(C)(C)CC(=O)Cl.[H-].[K+]. The maximum Gasteiger partial charge on any atom is 1.00 e. The Bertz CT molecular complexity index is 5760. The zero-order chi connectivity index (χ0) is 89.2. The molecule has 0 fully saturated rings. The van der Waals surface area contributed by atoms with Crippen molar-refractivity contribution in [2.45, 2.75) is 173 Å². The molecule has 2 aliphatic rings. The smallest absolute Gasteiger partial charge is 1.00 e. The number of carbonyl (C=O) groups is 3. The number of aromatic amines is 2. The second kappa shape index (κ2) is 43.6. The van der Waals surface area contributed by atoms with E-state index in [0.717, 1.165) is 94.7 Å². The number of rotatable bonds is 27. The molecule has 4 aromatic heterocycles. The Morgan fingerprint density at radius 2 is 0.832 bits per heavy atom. The molecule has 6 heterocycles. The predicted octanol–water partition coefficient (Wildman–Crippen LogP) is 22.9. The number of halogens is 2. The van der Waals surface area contributed by atoms with Crippen LogP contribution in [0.4, 0.5) is 0 Å². The number of methoxy groups -OCH3 is 2. The van der Waals surface area contributed by atoms with E-state index in [0.29, 0.717) is 62.8 Å². The molecule has 660 valence electrons. The molecule has 0 saturated carbocycles. The van der Waals surface area contributed by atoms with Gasteiger partial charge < -0.3 is 34.4 Å². The molecular weight excluding hydrogens is 1760 g/mol. The minimum absolute atomic E-state index is 0. The van der Waals surface area contributed by atoms with Crippen LogP contribution in [0, 0.1) is 48.5 Å². The molecule has 0 atom stereocenters. The van der Waals surface area contributed by atoms with E-state index in [-0.39, 0.29) is 118 Å². The van der Waals surface area contributed by atoms with Crippen LogP contribution in [0.1, 0.15) is 176 Å². The molecule has 0 amide bonds. The number of phosphoric ester groups is 2. The fraction of sp³-hybridized carbons (Fsp3) is 0.309. The molecule has 2 aliphatic heterocycles. The summed E-state index contributed by atoms with van der Waals surface area (Å²) in [7, 11) is -8.45. The first-order valence-corrected chi connectivity index (χ1v) is 51.4. The van der Waals surface area contributed by atoms with Crippen molar-refractivity contribution in [2.75, 3.05) is 27.5 Å². The van der Waals surface area contributed by atoms with Gasteiger partial charge in [-0.15, -0.1) is 15.3 Å². The Morgan fingerprint density at radius 3 is 1.16 bits per heavy atom. The average molecular weight is 1880 g/mol. The summed E-state index contributed by atoms with van der Waals surface area (Å²) in [6.45, 7) is 34.6. The molecule has 125 heavy (non-hydrogen) atoms. The van der Waals surface area contributed by atoms with Crippen LogP contribution in [0.15, 0.2) is 233 Å². The minimum Gasteiger partial charge on any atom is -1.00 e. The number of nitrogens with zero attached hydrogens (tertiary/aromatic N) is 4. The van der Waals surface area contributed by atoms with Crippen molar-refractivity contribution in [1.29, 1.82) is 0 Å². The van der Waals surface area contributed by atoms with E-state index in [2.05, 4.69) is 64.0 Å². The van der Waals surface area contributed by atoms with Crippen LogP contribution in [0.5, 0.6) is 17.2 Å². The van der Waals surface area contributed by atoms with Crippen LogP contribution in [0.25, 0.3) is 34.0 Å². The maximum absolute atomic E-state index is 14.3. The van der Waals surface area contributed by atoms with Crippen molar-refractivity contribution < 1.29 is 123 Å². The van der Waals surface area contributed by atoms with Gasteiger partial charge in [0.15, 0.2) is 0 Å². The van der Waals surface area contributed by atoms with E-state index in [1.807, 2.05) is 259 Å². The Hall–Kier alpha value is -8.36. The molecule has 13 rings (SSSR count). The first-order valence-electron chi connectivity index (χ1n) is 39.8. The molecule has 0 saturated heterocycles. The van der Waals surface area contributed by atoms with Gasteiger partial charge in [0.1, 0.15) is 46.9 Å². The van der Waals surface area contributed by atoms with Crippen LogP contribution in [0.3, 0.4) is 0 Å². The third-order valence-electron chi connectivity index (χ3n) is 20.1. The van der Waals surface area contributed by atoms with E-state index in [1.54, 1.807) is 54.9 Å². The summed E-state index contributed by atoms with van der Waals surface area (Å²) in [5.74, 6) is 1.87. The molecule has 28 heteroatoms. The number of phosphoric acid groups is 2. The van der Waals surface area contributed by atoms with Crippen molar-refractivity contribution in [2.24, 2.45) is 9.98 Å². The molecule has 0 aliphatic carbocycles. The number of ether oxygens (including phenoxy) is 2. The average Bonchev–Trinajstić information content (AvgIpc) is 1.57. The van der Waals surface area contributed by atoms with Gasteiger partial charge in [-0.3, -0.25) is 46.9 Å². The summed E-state index contributed by atoms with van der Waals surface area (Å²) < 4.78 is 81.3. The molecule has 11 aromatic rings. The third kappa shape index (κ3) is 27.8. The quantitative estimate of drug-likeness (QED) is 0.0161. The molecule has 0 unspecified atom stereocenters. The number of aromatic nitrogens is 4. The van der Waals surface area contributed by atoms with Crippen molar-refractivity contribution in [3.8, 4) is 17.2 Å². The van der Waals surface area contributed by atoms with Gasteiger partial charge in [-0.05, 0) is 166 Å². The summed E-state index contributed by atoms with van der Waals surface area (Å²) in [5, 5.41) is 1.36. The number of aryl methyl sites for hydroxylation is 7. The molecule has 0 radical (unpaired) electrons. The third-order valence-corrected chi connectivity index (χ3v) is 22.6. The number of H-pyrrole nitrogens is 2. The van der Waals surface area contributed by atoms with Gasteiger partial charge >= 0.3 is 67.0 Å². The van der Waals surface area contributed by atoms with E-state index >= 15 is 0 Å². The van der Waals surface area contributed by atoms with Crippen LogP contribution in [-0.4, -0.2) is 91.6 Å². The molecule has 7 aromatic carbocycles. The normalized spacial score (nSPS) is 13.6. The summed E-state index contributed by atoms with van der Waals surface area (Å²) in [5.41, 5.74) is 16.0. The van der Waals surface area contributed by atoms with Gasteiger partial charge in [0.25, 0.3) is 0 Å². The van der Waals surface area contributed by atoms with Crippen molar-refractivity contribution >= 4 is 119 Å². The number of hydrogen-bond acceptors (Lipinski definition) is 15. The van der Waals surface area contributed by atoms with Gasteiger partial charge in [-0.25, -0.2) is 19.1 Å². The number of carbonyl (C=O) groups excluding carboxylic acids is 3. The summed E-state index contributed by atoms with van der Waals surface area (Å²) in [4.78, 5) is 75.7. The molecule has 0 spiro atoms. The number of aliphatic imine (C=N–C) groups is 2. The monoisotopic (exact) mass is 1880 g/mol. The Kier molecular flexibility index (Phi) is 36.2. The van der Waals surface area contributed by atoms with Crippen LogP contribution < -0.4 is 65.0 Å². The topological polar surface area (TPSA) is 274 Å². The fourth-order valence-corrected chi connectivity index (χ4v) is 17.8. The van der Waals surface area contributed by atoms with E-state index in [1.165, 1.54) is 6.07 Å². The number of nitrogens with one attached hydrogen (secondary N) is 2. The Morgan fingerprint density at radius 1 is 0.496 bits per heavy atom. The number of para-hydroxylation sites is 2. The van der Waals surface area contributed by atoms with E-state index < -0.39 is 51.2 Å². The number of benzene rings is 7. The molecule has 0 bridgehead atoms. The zero-order valence-electron chi connectivity index (χ0n) is 74.8. The van der Waals surface area contributed by atoms with Crippen LogP contribution in [0.2, 0.25) is 19.6 Å². The maximum atomic E-state index is 14.3. The Balaban J connectivity index is 0.000000282. The van der Waals surface area contributed by atoms with Crippen LogP contribution >= 0.6 is 49.9 Å². The van der Waals surface area contributed by atoms with Gasteiger partial charge in [-0.2, -0.15) is 0 Å². The van der Waals surface area contributed by atoms with E-state index in [9.17, 15) is 37.9 Å². The van der Waals surface area contributed by atoms with E-state index in [4.69, 9.17) is 53.7 Å². The van der Waals surface area contributed by atoms with Gasteiger partial charge in [0.2, 0.25) is 24.4 Å². The second-order valence-electron chi connectivity index (χ2n) is 33.6. The largest absolute Gasteiger partial charge is 1.00 e. The number of allylic oxidation sites excluding steroid dienone is 2. The first-order chi connectivity index (χ1) is 57.2. The van der Waals surface area contributed by atoms with Crippen molar-refractivity contribution in [3.05, 3.63) is 313 Å². The van der Waals surface area contributed by atoms with Gasteiger partial charge in [0, 0.05) is 111 Å². The van der Waals surface area contributed by atoms with Crippen LogP contribution in [-0.2, 0) is 66.5 Å². The second-order valence-corrected chi connectivity index (χ2v) is 50.8. The molecular formula is C97H118BrClKN6O15P3Si. The molecule has 4 N–H and O–H groups in total. The first kappa shape index (κ1) is 104. The summed E-state index contributed by atoms with van der Waals surface area (Å²) in [6.07, 6.45) is 7.93. The minimum atomic E-state index is -4.82. The van der Waals surface area contributed by atoms with Gasteiger partial charge in [0.05, 0.1) is 61.3 Å². The summed E-state index contributed by atoms with van der Waals surface area (Å²) in [6, 6.07) is 58.4. The van der Waals surface area contributed by atoms with Crippen molar-refractivity contribution in [3.63, 3.8) is 0 Å². The Labute approximate surface area is 794 Å².